The molecule has 0 bridgehead atoms. The van der Waals surface area contributed by atoms with Crippen molar-refractivity contribution < 1.29 is 28.4 Å². The van der Waals surface area contributed by atoms with Crippen molar-refractivity contribution in [2.24, 2.45) is 0 Å². The molecule has 0 saturated heterocycles. The quantitative estimate of drug-likeness (QED) is 0.187. The second-order valence-electron chi connectivity index (χ2n) is 5.47. The molecule has 0 spiro atoms. The first-order chi connectivity index (χ1) is 12.9. The summed E-state index contributed by atoms with van der Waals surface area (Å²) in [6, 6.07) is 0. The molecule has 0 heterocycles. The van der Waals surface area contributed by atoms with Gasteiger partial charge in [0.15, 0.2) is 0 Å². The highest BCUT2D eigenvalue weighted by Gasteiger charge is 1.94. The highest BCUT2D eigenvalue weighted by Crippen LogP contribution is 2.01. The van der Waals surface area contributed by atoms with Gasteiger partial charge in [-0.3, -0.25) is 0 Å². The van der Waals surface area contributed by atoms with Crippen molar-refractivity contribution in [1.82, 2.24) is 0 Å². The summed E-state index contributed by atoms with van der Waals surface area (Å²) in [5.41, 5.74) is 0. The summed E-state index contributed by atoms with van der Waals surface area (Å²) in [6.45, 7) is 7.08. The number of ether oxygens (including phenoxy) is 6. The van der Waals surface area contributed by atoms with Gasteiger partial charge >= 0.3 is 0 Å². The molecule has 0 fully saturated rings. The first-order valence-electron chi connectivity index (χ1n) is 9.50. The largest absolute Gasteiger partial charge is 0.379 e. The molecule has 8 heteroatoms. The maximum Gasteiger partial charge on any atom is 0.0701 e. The minimum Gasteiger partial charge on any atom is -0.379 e. The standard InChI is InChI=1S/C18H36Cl2O6/c19-5-3-1-2-4-7-21-9-11-23-13-15-25-17-18-26-16-14-24-12-10-22-8-6-20/h1-18H2. The number of rotatable bonds is 23. The molecule has 0 aliphatic heterocycles. The molecule has 0 unspecified atom stereocenters. The predicted molar refractivity (Wildman–Crippen MR) is 105 cm³/mol. The molecular weight excluding hydrogens is 383 g/mol. The van der Waals surface area contributed by atoms with Gasteiger partial charge in [-0.15, -0.1) is 23.2 Å². The van der Waals surface area contributed by atoms with Gasteiger partial charge in [0.05, 0.1) is 72.7 Å². The summed E-state index contributed by atoms with van der Waals surface area (Å²) in [6.07, 6.45) is 4.54. The number of halogens is 2. The first-order valence-corrected chi connectivity index (χ1v) is 10.6. The molecule has 0 aromatic heterocycles. The molecule has 0 aromatic rings. The first kappa shape index (κ1) is 26.3. The van der Waals surface area contributed by atoms with Gasteiger partial charge < -0.3 is 28.4 Å². The molecule has 0 aliphatic carbocycles. The Bertz CT molecular complexity index is 226. The third kappa shape index (κ3) is 24.3. The van der Waals surface area contributed by atoms with Gasteiger partial charge in [0.1, 0.15) is 0 Å². The molecule has 0 radical (unpaired) electrons. The minimum atomic E-state index is 0.512. The average Bonchev–Trinajstić information content (AvgIpc) is 2.66. The Kier molecular flexibility index (Phi) is 25.7. The van der Waals surface area contributed by atoms with Crippen molar-refractivity contribution in [2.45, 2.75) is 25.7 Å². The van der Waals surface area contributed by atoms with E-state index >= 15 is 0 Å². The zero-order valence-corrected chi connectivity index (χ0v) is 17.4. The van der Waals surface area contributed by atoms with Crippen molar-refractivity contribution in [2.75, 3.05) is 91.0 Å². The molecule has 26 heavy (non-hydrogen) atoms. The van der Waals surface area contributed by atoms with Gasteiger partial charge in [-0.2, -0.15) is 0 Å². The predicted octanol–water partition coefficient (Wildman–Crippen LogP) is 3.12. The minimum absolute atomic E-state index is 0.512. The fourth-order valence-corrected chi connectivity index (χ4v) is 2.21. The van der Waals surface area contributed by atoms with Gasteiger partial charge in [-0.1, -0.05) is 12.8 Å². The van der Waals surface area contributed by atoms with Crippen LogP contribution in [0.5, 0.6) is 0 Å². The van der Waals surface area contributed by atoms with E-state index in [2.05, 4.69) is 0 Å². The van der Waals surface area contributed by atoms with Crippen LogP contribution in [0.15, 0.2) is 0 Å². The van der Waals surface area contributed by atoms with Crippen LogP contribution in [0.2, 0.25) is 0 Å². The van der Waals surface area contributed by atoms with Crippen LogP contribution in [0.25, 0.3) is 0 Å². The highest BCUT2D eigenvalue weighted by atomic mass is 35.5. The van der Waals surface area contributed by atoms with Gasteiger partial charge in [0, 0.05) is 18.4 Å². The van der Waals surface area contributed by atoms with Gasteiger partial charge in [-0.25, -0.2) is 0 Å². The third-order valence-electron chi connectivity index (χ3n) is 3.25. The summed E-state index contributed by atoms with van der Waals surface area (Å²) in [4.78, 5) is 0. The molecular formula is C18H36Cl2O6. The summed E-state index contributed by atoms with van der Waals surface area (Å²) in [5.74, 6) is 1.26. The fourth-order valence-electron chi connectivity index (χ4n) is 1.91. The molecule has 0 saturated carbocycles. The van der Waals surface area contributed by atoms with Crippen LogP contribution in [-0.2, 0) is 28.4 Å². The second kappa shape index (κ2) is 25.3. The maximum absolute atomic E-state index is 5.62. The zero-order chi connectivity index (χ0) is 19.0. The van der Waals surface area contributed by atoms with Crippen molar-refractivity contribution >= 4 is 23.2 Å². The molecule has 158 valence electrons. The van der Waals surface area contributed by atoms with Gasteiger partial charge in [-0.05, 0) is 12.8 Å². The van der Waals surface area contributed by atoms with Crippen LogP contribution in [0.4, 0.5) is 0 Å². The van der Waals surface area contributed by atoms with E-state index in [0.29, 0.717) is 78.6 Å². The van der Waals surface area contributed by atoms with E-state index in [-0.39, 0.29) is 0 Å². The maximum atomic E-state index is 5.62. The average molecular weight is 419 g/mol. The van der Waals surface area contributed by atoms with Crippen molar-refractivity contribution in [3.05, 3.63) is 0 Å². The van der Waals surface area contributed by atoms with E-state index in [1.165, 1.54) is 12.8 Å². The van der Waals surface area contributed by atoms with E-state index in [1.54, 1.807) is 0 Å². The topological polar surface area (TPSA) is 55.4 Å². The number of unbranched alkanes of at least 4 members (excludes halogenated alkanes) is 3. The third-order valence-corrected chi connectivity index (χ3v) is 3.68. The lowest BCUT2D eigenvalue weighted by molar-refractivity contribution is -0.0162. The highest BCUT2D eigenvalue weighted by molar-refractivity contribution is 6.18. The summed E-state index contributed by atoms with van der Waals surface area (Å²) < 4.78 is 32.2. The van der Waals surface area contributed by atoms with Crippen molar-refractivity contribution in [3.63, 3.8) is 0 Å². The Morgan fingerprint density at radius 1 is 0.308 bits per heavy atom. The summed E-state index contributed by atoms with van der Waals surface area (Å²) in [7, 11) is 0. The van der Waals surface area contributed by atoms with Gasteiger partial charge in [0.25, 0.3) is 0 Å². The molecule has 0 aromatic carbocycles. The van der Waals surface area contributed by atoms with E-state index < -0.39 is 0 Å². The second-order valence-corrected chi connectivity index (χ2v) is 6.22. The zero-order valence-electron chi connectivity index (χ0n) is 15.9. The van der Waals surface area contributed by atoms with Gasteiger partial charge in [0.2, 0.25) is 0 Å². The molecule has 6 nitrogen and oxygen atoms in total. The number of hydrogen-bond acceptors (Lipinski definition) is 6. The lowest BCUT2D eigenvalue weighted by atomic mass is 10.2. The lowest BCUT2D eigenvalue weighted by Crippen LogP contribution is -2.14. The van der Waals surface area contributed by atoms with Crippen LogP contribution in [0.1, 0.15) is 25.7 Å². The molecule has 0 rings (SSSR count). The van der Waals surface area contributed by atoms with Crippen LogP contribution < -0.4 is 0 Å². The number of hydrogen-bond donors (Lipinski definition) is 0. The van der Waals surface area contributed by atoms with Crippen molar-refractivity contribution in [1.29, 1.82) is 0 Å². The summed E-state index contributed by atoms with van der Waals surface area (Å²) >= 11 is 11.1. The Balaban J connectivity index is 2.95. The van der Waals surface area contributed by atoms with Crippen molar-refractivity contribution in [3.8, 4) is 0 Å². The summed E-state index contributed by atoms with van der Waals surface area (Å²) in [5, 5.41) is 0. The number of alkyl halides is 2. The lowest BCUT2D eigenvalue weighted by Gasteiger charge is -2.08. The Morgan fingerprint density at radius 2 is 0.654 bits per heavy atom. The monoisotopic (exact) mass is 418 g/mol. The normalized spacial score (nSPS) is 11.3. The molecule has 0 amide bonds. The van der Waals surface area contributed by atoms with Crippen LogP contribution in [-0.4, -0.2) is 91.0 Å². The SMILES string of the molecule is ClCCCCCCOCCOCCOCCOCCOCCOCCCl. The van der Waals surface area contributed by atoms with E-state index in [0.717, 1.165) is 25.3 Å². The molecule has 0 N–H and O–H groups in total. The van der Waals surface area contributed by atoms with E-state index in [1.807, 2.05) is 0 Å². The van der Waals surface area contributed by atoms with Crippen LogP contribution >= 0.6 is 23.2 Å². The molecule has 0 atom stereocenters. The Morgan fingerprint density at radius 3 is 1.04 bits per heavy atom. The van der Waals surface area contributed by atoms with Crippen LogP contribution in [0.3, 0.4) is 0 Å². The smallest absolute Gasteiger partial charge is 0.0701 e. The molecule has 0 aliphatic rings. The van der Waals surface area contributed by atoms with E-state index in [9.17, 15) is 0 Å². The van der Waals surface area contributed by atoms with Crippen LogP contribution in [0, 0.1) is 0 Å². The Hall–Kier alpha value is 0.340. The fraction of sp³-hybridized carbons (Fsp3) is 1.00. The van der Waals surface area contributed by atoms with E-state index in [4.69, 9.17) is 51.6 Å². The Labute approximate surface area is 168 Å².